The van der Waals surface area contributed by atoms with E-state index >= 15 is 0 Å². The van der Waals surface area contributed by atoms with Gasteiger partial charge < -0.3 is 9.64 Å². The first-order valence-electron chi connectivity index (χ1n) is 7.93. The number of hydrogen-bond donors (Lipinski definition) is 1. The van der Waals surface area contributed by atoms with Gasteiger partial charge in [-0.25, -0.2) is 17.5 Å². The van der Waals surface area contributed by atoms with Gasteiger partial charge in [0, 0.05) is 25.2 Å². The van der Waals surface area contributed by atoms with Gasteiger partial charge >= 0.3 is 0 Å². The Balaban J connectivity index is 2.01. The lowest BCUT2D eigenvalue weighted by atomic mass is 10.0. The Morgan fingerprint density at radius 3 is 2.88 bits per heavy atom. The SMILES string of the molecule is C[C@H](Oc1cccc(F)c1)C(=O)N1CCCC[C@@H]1CNS(C)(=O)=O. The predicted octanol–water partition coefficient (Wildman–Crippen LogP) is 1.52. The molecule has 1 aliphatic rings. The Hall–Kier alpha value is -1.67. The molecule has 1 N–H and O–H groups in total. The van der Waals surface area contributed by atoms with Crippen LogP contribution in [-0.4, -0.2) is 50.7 Å². The molecule has 0 radical (unpaired) electrons. The summed E-state index contributed by atoms with van der Waals surface area (Å²) in [5.41, 5.74) is 0. The van der Waals surface area contributed by atoms with Gasteiger partial charge in [-0.1, -0.05) is 6.07 Å². The molecule has 2 rings (SSSR count). The van der Waals surface area contributed by atoms with Crippen molar-refractivity contribution < 1.29 is 22.3 Å². The predicted molar refractivity (Wildman–Crippen MR) is 88.7 cm³/mol. The van der Waals surface area contributed by atoms with Gasteiger partial charge in [-0.2, -0.15) is 0 Å². The van der Waals surface area contributed by atoms with Crippen molar-refractivity contribution in [2.45, 2.75) is 38.3 Å². The van der Waals surface area contributed by atoms with E-state index in [0.29, 0.717) is 12.3 Å². The van der Waals surface area contributed by atoms with E-state index in [1.54, 1.807) is 17.9 Å². The molecule has 1 heterocycles. The van der Waals surface area contributed by atoms with Crippen molar-refractivity contribution >= 4 is 15.9 Å². The number of benzene rings is 1. The summed E-state index contributed by atoms with van der Waals surface area (Å²) in [5.74, 6) is -0.363. The largest absolute Gasteiger partial charge is 0.481 e. The molecule has 8 heteroatoms. The van der Waals surface area contributed by atoms with Crippen molar-refractivity contribution in [1.29, 1.82) is 0 Å². The Kier molecular flexibility index (Phi) is 6.17. The summed E-state index contributed by atoms with van der Waals surface area (Å²) < 4.78 is 43.8. The number of nitrogens with one attached hydrogen (secondary N) is 1. The number of rotatable bonds is 6. The van der Waals surface area contributed by atoms with Crippen LogP contribution in [0, 0.1) is 5.82 Å². The maximum absolute atomic E-state index is 13.2. The Labute approximate surface area is 142 Å². The van der Waals surface area contributed by atoms with E-state index in [1.807, 2.05) is 0 Å². The van der Waals surface area contributed by atoms with Crippen LogP contribution >= 0.6 is 0 Å². The minimum absolute atomic E-state index is 0.192. The Bertz CT molecular complexity index is 680. The molecule has 0 bridgehead atoms. The summed E-state index contributed by atoms with van der Waals surface area (Å²) in [4.78, 5) is 14.3. The van der Waals surface area contributed by atoms with Crippen molar-refractivity contribution in [3.63, 3.8) is 0 Å². The second-order valence-corrected chi connectivity index (χ2v) is 7.85. The highest BCUT2D eigenvalue weighted by Gasteiger charge is 2.31. The van der Waals surface area contributed by atoms with E-state index in [1.165, 1.54) is 18.2 Å². The minimum atomic E-state index is -3.31. The molecule has 0 spiro atoms. The van der Waals surface area contributed by atoms with E-state index < -0.39 is 21.9 Å². The van der Waals surface area contributed by atoms with Crippen molar-refractivity contribution in [3.05, 3.63) is 30.1 Å². The molecule has 1 amide bonds. The van der Waals surface area contributed by atoms with Crippen LogP contribution in [0.5, 0.6) is 5.75 Å². The van der Waals surface area contributed by atoms with Gasteiger partial charge in [-0.3, -0.25) is 4.79 Å². The fourth-order valence-electron chi connectivity index (χ4n) is 2.78. The number of ether oxygens (including phenoxy) is 1. The lowest BCUT2D eigenvalue weighted by molar-refractivity contribution is -0.141. The standard InChI is InChI=1S/C16H23FN2O4S/c1-12(23-15-8-5-6-13(17)10-15)16(20)19-9-4-3-7-14(19)11-18-24(2,21)22/h5-6,8,10,12,14,18H,3-4,7,9,11H2,1-2H3/t12-,14+/m0/s1. The normalized spacial score (nSPS) is 19.8. The molecule has 24 heavy (non-hydrogen) atoms. The van der Waals surface area contributed by atoms with Crippen molar-refractivity contribution in [1.82, 2.24) is 9.62 Å². The fraction of sp³-hybridized carbons (Fsp3) is 0.562. The van der Waals surface area contributed by atoms with Gasteiger partial charge in [0.25, 0.3) is 5.91 Å². The van der Waals surface area contributed by atoms with Gasteiger partial charge in [-0.05, 0) is 38.3 Å². The first kappa shape index (κ1) is 18.7. The molecule has 1 fully saturated rings. The van der Waals surface area contributed by atoms with Crippen LogP contribution in [0.3, 0.4) is 0 Å². The van der Waals surface area contributed by atoms with Gasteiger partial charge in [0.1, 0.15) is 11.6 Å². The average Bonchev–Trinajstić information content (AvgIpc) is 2.52. The topological polar surface area (TPSA) is 75.7 Å². The molecule has 0 unspecified atom stereocenters. The molecule has 1 aromatic rings. The smallest absolute Gasteiger partial charge is 0.263 e. The van der Waals surface area contributed by atoms with E-state index in [9.17, 15) is 17.6 Å². The van der Waals surface area contributed by atoms with Crippen LogP contribution in [0.25, 0.3) is 0 Å². The Morgan fingerprint density at radius 1 is 1.46 bits per heavy atom. The second-order valence-electron chi connectivity index (χ2n) is 6.02. The van der Waals surface area contributed by atoms with Gasteiger partial charge in [0.05, 0.1) is 6.26 Å². The van der Waals surface area contributed by atoms with Crippen molar-refractivity contribution in [2.24, 2.45) is 0 Å². The van der Waals surface area contributed by atoms with Crippen LogP contribution in [0.2, 0.25) is 0 Å². The third-order valence-electron chi connectivity index (χ3n) is 3.95. The number of likely N-dealkylation sites (tertiary alicyclic amines) is 1. The summed E-state index contributed by atoms with van der Waals surface area (Å²) in [6.45, 7) is 2.37. The fourth-order valence-corrected chi connectivity index (χ4v) is 3.27. The van der Waals surface area contributed by atoms with E-state index in [0.717, 1.165) is 25.5 Å². The number of nitrogens with zero attached hydrogens (tertiary/aromatic N) is 1. The number of piperidine rings is 1. The maximum atomic E-state index is 13.2. The zero-order valence-corrected chi connectivity index (χ0v) is 14.7. The number of sulfonamides is 1. The highest BCUT2D eigenvalue weighted by Crippen LogP contribution is 2.20. The monoisotopic (exact) mass is 358 g/mol. The lowest BCUT2D eigenvalue weighted by Gasteiger charge is -2.37. The van der Waals surface area contributed by atoms with Gasteiger partial charge in [-0.15, -0.1) is 0 Å². The minimum Gasteiger partial charge on any atom is -0.481 e. The molecular weight excluding hydrogens is 335 g/mol. The number of amides is 1. The second kappa shape index (κ2) is 7.94. The summed E-state index contributed by atoms with van der Waals surface area (Å²) in [7, 11) is -3.31. The average molecular weight is 358 g/mol. The van der Waals surface area contributed by atoms with Crippen LogP contribution in [0.4, 0.5) is 4.39 Å². The summed E-state index contributed by atoms with van der Waals surface area (Å²) in [6, 6.07) is 5.44. The van der Waals surface area contributed by atoms with Crippen LogP contribution in [0.15, 0.2) is 24.3 Å². The molecule has 0 aliphatic carbocycles. The summed E-state index contributed by atoms with van der Waals surface area (Å²) in [6.07, 6.45) is 2.87. The highest BCUT2D eigenvalue weighted by molar-refractivity contribution is 7.88. The molecule has 1 aliphatic heterocycles. The third kappa shape index (κ3) is 5.45. The van der Waals surface area contributed by atoms with Gasteiger partial charge in [0.2, 0.25) is 10.0 Å². The van der Waals surface area contributed by atoms with Crippen molar-refractivity contribution in [2.75, 3.05) is 19.3 Å². The lowest BCUT2D eigenvalue weighted by Crippen LogP contribution is -2.52. The quantitative estimate of drug-likeness (QED) is 0.837. The Morgan fingerprint density at radius 2 is 2.21 bits per heavy atom. The van der Waals surface area contributed by atoms with E-state index in [-0.39, 0.29) is 18.5 Å². The van der Waals surface area contributed by atoms with E-state index in [4.69, 9.17) is 4.74 Å². The molecule has 1 saturated heterocycles. The molecule has 134 valence electrons. The molecule has 0 saturated carbocycles. The number of carbonyl (C=O) groups is 1. The highest BCUT2D eigenvalue weighted by atomic mass is 32.2. The molecular formula is C16H23FN2O4S. The van der Waals surface area contributed by atoms with Crippen LogP contribution < -0.4 is 9.46 Å². The number of carbonyl (C=O) groups excluding carboxylic acids is 1. The number of halogens is 1. The first-order valence-corrected chi connectivity index (χ1v) is 9.83. The summed E-state index contributed by atoms with van der Waals surface area (Å²) >= 11 is 0. The maximum Gasteiger partial charge on any atom is 0.263 e. The third-order valence-corrected chi connectivity index (χ3v) is 4.64. The van der Waals surface area contributed by atoms with Crippen LogP contribution in [-0.2, 0) is 14.8 Å². The number of hydrogen-bond acceptors (Lipinski definition) is 4. The first-order chi connectivity index (χ1) is 11.3. The molecule has 2 atom stereocenters. The zero-order valence-electron chi connectivity index (χ0n) is 13.9. The molecule has 1 aromatic carbocycles. The molecule has 0 aromatic heterocycles. The molecule has 6 nitrogen and oxygen atoms in total. The summed E-state index contributed by atoms with van der Waals surface area (Å²) in [5, 5.41) is 0. The zero-order chi connectivity index (χ0) is 17.7. The van der Waals surface area contributed by atoms with Crippen LogP contribution in [0.1, 0.15) is 26.2 Å². The van der Waals surface area contributed by atoms with E-state index in [2.05, 4.69) is 4.72 Å². The van der Waals surface area contributed by atoms with Crippen molar-refractivity contribution in [3.8, 4) is 5.75 Å². The van der Waals surface area contributed by atoms with Gasteiger partial charge in [0.15, 0.2) is 6.10 Å².